The maximum absolute atomic E-state index is 12.8. The van der Waals surface area contributed by atoms with Crippen LogP contribution in [0, 0.1) is 6.92 Å². The third-order valence-electron chi connectivity index (χ3n) is 4.60. The molecule has 9 heteroatoms. The van der Waals surface area contributed by atoms with Gasteiger partial charge in [-0.05, 0) is 38.1 Å². The first-order chi connectivity index (χ1) is 15.1. The van der Waals surface area contributed by atoms with Crippen molar-refractivity contribution in [2.45, 2.75) is 13.8 Å². The van der Waals surface area contributed by atoms with Gasteiger partial charge in [-0.3, -0.25) is 10.1 Å². The summed E-state index contributed by atoms with van der Waals surface area (Å²) in [6.45, 7) is 4.29. The van der Waals surface area contributed by atoms with Crippen LogP contribution < -0.4 is 14.8 Å². The Bertz CT molecular complexity index is 1220. The number of carbonyl (C=O) groups is 1. The highest BCUT2D eigenvalue weighted by Crippen LogP contribution is 2.32. The minimum atomic E-state index is -0.370. The van der Waals surface area contributed by atoms with Gasteiger partial charge in [-0.1, -0.05) is 23.4 Å². The molecule has 0 spiro atoms. The number of amides is 1. The SMILES string of the molecule is CCOc1ccccc1-c1csc(NC(=O)c2nnn(-c3cccc(OC)c3)c2C)n1. The number of benzene rings is 2. The molecule has 4 aromatic rings. The van der Waals surface area contributed by atoms with Gasteiger partial charge in [0.15, 0.2) is 10.8 Å². The zero-order valence-electron chi connectivity index (χ0n) is 17.3. The van der Waals surface area contributed by atoms with E-state index in [2.05, 4.69) is 20.6 Å². The Balaban J connectivity index is 1.54. The van der Waals surface area contributed by atoms with Gasteiger partial charge in [-0.25, -0.2) is 9.67 Å². The van der Waals surface area contributed by atoms with Gasteiger partial charge < -0.3 is 9.47 Å². The van der Waals surface area contributed by atoms with Crippen LogP contribution in [0.5, 0.6) is 11.5 Å². The van der Waals surface area contributed by atoms with Crippen LogP contribution in [0.3, 0.4) is 0 Å². The van der Waals surface area contributed by atoms with Gasteiger partial charge in [0.2, 0.25) is 0 Å². The highest BCUT2D eigenvalue weighted by atomic mass is 32.1. The second-order valence-corrected chi connectivity index (χ2v) is 7.42. The largest absolute Gasteiger partial charge is 0.497 e. The van der Waals surface area contributed by atoms with E-state index in [-0.39, 0.29) is 11.6 Å². The van der Waals surface area contributed by atoms with Crippen molar-refractivity contribution in [2.75, 3.05) is 19.0 Å². The van der Waals surface area contributed by atoms with E-state index < -0.39 is 0 Å². The molecule has 0 unspecified atom stereocenters. The second kappa shape index (κ2) is 8.97. The molecule has 0 aliphatic carbocycles. The fourth-order valence-electron chi connectivity index (χ4n) is 3.10. The summed E-state index contributed by atoms with van der Waals surface area (Å²) in [6, 6.07) is 15.1. The number of nitrogens with zero attached hydrogens (tertiary/aromatic N) is 4. The van der Waals surface area contributed by atoms with Gasteiger partial charge >= 0.3 is 0 Å². The predicted octanol–water partition coefficient (Wildman–Crippen LogP) is 4.36. The Kier molecular flexibility index (Phi) is 5.94. The number of para-hydroxylation sites is 1. The molecule has 0 radical (unpaired) electrons. The molecule has 0 atom stereocenters. The van der Waals surface area contributed by atoms with Crippen LogP contribution in [0.2, 0.25) is 0 Å². The summed E-state index contributed by atoms with van der Waals surface area (Å²) in [5.74, 6) is 1.08. The van der Waals surface area contributed by atoms with Crippen LogP contribution in [0.15, 0.2) is 53.9 Å². The monoisotopic (exact) mass is 435 g/mol. The summed E-state index contributed by atoms with van der Waals surface area (Å²) in [5, 5.41) is 13.4. The Morgan fingerprint density at radius 3 is 2.84 bits per heavy atom. The topological polar surface area (TPSA) is 91.2 Å². The maximum Gasteiger partial charge on any atom is 0.279 e. The molecule has 0 fully saturated rings. The molecular formula is C22H21N5O3S. The molecule has 0 aliphatic heterocycles. The highest BCUT2D eigenvalue weighted by Gasteiger charge is 2.19. The number of carbonyl (C=O) groups excluding carboxylic acids is 1. The van der Waals surface area contributed by atoms with E-state index in [4.69, 9.17) is 9.47 Å². The molecule has 0 saturated heterocycles. The smallest absolute Gasteiger partial charge is 0.279 e. The first-order valence-electron chi connectivity index (χ1n) is 9.66. The van der Waals surface area contributed by atoms with Crippen molar-refractivity contribution in [1.29, 1.82) is 0 Å². The fraction of sp³-hybridized carbons (Fsp3) is 0.182. The summed E-state index contributed by atoms with van der Waals surface area (Å²) < 4.78 is 12.5. The van der Waals surface area contributed by atoms with Gasteiger partial charge in [0.05, 0.1) is 30.8 Å². The number of anilines is 1. The first-order valence-corrected chi connectivity index (χ1v) is 10.5. The highest BCUT2D eigenvalue weighted by molar-refractivity contribution is 7.14. The van der Waals surface area contributed by atoms with E-state index in [0.717, 1.165) is 22.7 Å². The van der Waals surface area contributed by atoms with Crippen LogP contribution in [-0.2, 0) is 0 Å². The van der Waals surface area contributed by atoms with Crippen molar-refractivity contribution in [3.63, 3.8) is 0 Å². The van der Waals surface area contributed by atoms with Crippen LogP contribution in [-0.4, -0.2) is 39.6 Å². The molecule has 0 aliphatic rings. The van der Waals surface area contributed by atoms with Crippen LogP contribution >= 0.6 is 11.3 Å². The second-order valence-electron chi connectivity index (χ2n) is 6.56. The number of aromatic nitrogens is 4. The normalized spacial score (nSPS) is 10.7. The zero-order valence-corrected chi connectivity index (χ0v) is 18.1. The number of rotatable bonds is 7. The molecule has 2 heterocycles. The van der Waals surface area contributed by atoms with E-state index in [1.165, 1.54) is 11.3 Å². The molecule has 2 aromatic carbocycles. The van der Waals surface area contributed by atoms with Crippen molar-refractivity contribution in [3.05, 3.63) is 65.3 Å². The Morgan fingerprint density at radius 1 is 1.19 bits per heavy atom. The lowest BCUT2D eigenvalue weighted by Crippen LogP contribution is -2.14. The molecule has 0 saturated carbocycles. The third kappa shape index (κ3) is 4.26. The van der Waals surface area contributed by atoms with E-state index in [1.54, 1.807) is 18.7 Å². The Hall–Kier alpha value is -3.72. The summed E-state index contributed by atoms with van der Waals surface area (Å²) in [4.78, 5) is 17.3. The van der Waals surface area contributed by atoms with E-state index in [9.17, 15) is 4.79 Å². The molecule has 8 nitrogen and oxygen atoms in total. The zero-order chi connectivity index (χ0) is 21.8. The number of hydrogen-bond donors (Lipinski definition) is 1. The van der Waals surface area contributed by atoms with E-state index in [0.29, 0.717) is 23.2 Å². The lowest BCUT2D eigenvalue weighted by molar-refractivity contribution is 0.102. The number of methoxy groups -OCH3 is 1. The number of thiazole rings is 1. The van der Waals surface area contributed by atoms with Crippen molar-refractivity contribution in [3.8, 4) is 28.4 Å². The predicted molar refractivity (Wildman–Crippen MR) is 119 cm³/mol. The standard InChI is InChI=1S/C22H21N5O3S/c1-4-30-19-11-6-5-10-17(19)18-13-31-22(23-18)24-21(28)20-14(2)27(26-25-20)15-8-7-9-16(12-15)29-3/h5-13H,4H2,1-3H3,(H,23,24,28). The summed E-state index contributed by atoms with van der Waals surface area (Å²) in [6.07, 6.45) is 0. The Morgan fingerprint density at radius 2 is 2.03 bits per heavy atom. The number of ether oxygens (including phenoxy) is 2. The van der Waals surface area contributed by atoms with Crippen molar-refractivity contribution < 1.29 is 14.3 Å². The molecule has 31 heavy (non-hydrogen) atoms. The van der Waals surface area contributed by atoms with Crippen molar-refractivity contribution in [1.82, 2.24) is 20.0 Å². The molecule has 0 bridgehead atoms. The lowest BCUT2D eigenvalue weighted by atomic mass is 10.1. The van der Waals surface area contributed by atoms with Gasteiger partial charge in [0, 0.05) is 17.0 Å². The third-order valence-corrected chi connectivity index (χ3v) is 5.35. The number of hydrogen-bond acceptors (Lipinski definition) is 7. The average molecular weight is 436 g/mol. The molecular weight excluding hydrogens is 414 g/mol. The summed E-state index contributed by atoms with van der Waals surface area (Å²) in [5.41, 5.74) is 3.22. The van der Waals surface area contributed by atoms with Gasteiger partial charge in [-0.15, -0.1) is 16.4 Å². The molecule has 4 rings (SSSR count). The minimum absolute atomic E-state index is 0.231. The van der Waals surface area contributed by atoms with Gasteiger partial charge in [-0.2, -0.15) is 0 Å². The average Bonchev–Trinajstić information content (AvgIpc) is 3.41. The van der Waals surface area contributed by atoms with Crippen LogP contribution in [0.1, 0.15) is 23.1 Å². The van der Waals surface area contributed by atoms with Crippen LogP contribution in [0.25, 0.3) is 16.9 Å². The first kappa shape index (κ1) is 20.5. The lowest BCUT2D eigenvalue weighted by Gasteiger charge is -2.07. The van der Waals surface area contributed by atoms with Crippen molar-refractivity contribution >= 4 is 22.4 Å². The summed E-state index contributed by atoms with van der Waals surface area (Å²) >= 11 is 1.34. The quantitative estimate of drug-likeness (QED) is 0.464. The van der Waals surface area contributed by atoms with Crippen molar-refractivity contribution in [2.24, 2.45) is 0 Å². The van der Waals surface area contributed by atoms with E-state index >= 15 is 0 Å². The maximum atomic E-state index is 12.8. The van der Waals surface area contributed by atoms with Gasteiger partial charge in [0.1, 0.15) is 11.5 Å². The van der Waals surface area contributed by atoms with Crippen LogP contribution in [0.4, 0.5) is 5.13 Å². The fourth-order valence-corrected chi connectivity index (χ4v) is 3.80. The molecule has 1 N–H and O–H groups in total. The molecule has 158 valence electrons. The summed E-state index contributed by atoms with van der Waals surface area (Å²) in [7, 11) is 1.60. The Labute approximate surface area is 183 Å². The van der Waals surface area contributed by atoms with Gasteiger partial charge in [0.25, 0.3) is 5.91 Å². The molecule has 2 aromatic heterocycles. The van der Waals surface area contributed by atoms with E-state index in [1.807, 2.05) is 60.8 Å². The number of nitrogens with one attached hydrogen (secondary N) is 1. The minimum Gasteiger partial charge on any atom is -0.497 e. The molecule has 1 amide bonds.